The fraction of sp³-hybridized carbons (Fsp3) is 0.900. The summed E-state index contributed by atoms with van der Waals surface area (Å²) in [6, 6.07) is 0. The summed E-state index contributed by atoms with van der Waals surface area (Å²) in [5.74, 6) is 0.408. The third kappa shape index (κ3) is 3.50. The monoisotopic (exact) mass is 213 g/mol. The first kappa shape index (κ1) is 12.5. The largest absolute Gasteiger partial charge is 0.469 e. The third-order valence-corrected chi connectivity index (χ3v) is 3.22. The zero-order valence-corrected chi connectivity index (χ0v) is 9.86. The molecule has 0 aromatic carbocycles. The van der Waals surface area contributed by atoms with Gasteiger partial charge in [0.05, 0.1) is 13.0 Å². The highest BCUT2D eigenvalue weighted by atomic mass is 16.5. The number of hydrogen-bond donors (Lipinski definition) is 0. The molecule has 0 aliphatic carbocycles. The Bertz CT molecular complexity index is 205. The van der Waals surface area contributed by atoms with Gasteiger partial charge in [0, 0.05) is 7.11 Å². The summed E-state index contributed by atoms with van der Waals surface area (Å²) in [5, 5.41) is 0. The van der Waals surface area contributed by atoms with Crippen molar-refractivity contribution in [3.8, 4) is 0 Å². The molecular formula is C10H20BNO3. The minimum atomic E-state index is -0.0832. The number of carbonyl (C=O) groups is 1. The quantitative estimate of drug-likeness (QED) is 0.501. The normalized spacial score (nSPS) is 21.0. The van der Waals surface area contributed by atoms with Crippen molar-refractivity contribution in [1.29, 1.82) is 0 Å². The van der Waals surface area contributed by atoms with E-state index in [2.05, 4.69) is 4.81 Å². The first-order valence-electron chi connectivity index (χ1n) is 5.48. The lowest BCUT2D eigenvalue weighted by Crippen LogP contribution is -2.40. The molecule has 1 saturated heterocycles. The van der Waals surface area contributed by atoms with E-state index in [1.165, 1.54) is 7.11 Å². The van der Waals surface area contributed by atoms with Crippen LogP contribution in [0.25, 0.3) is 0 Å². The Morgan fingerprint density at radius 3 is 2.47 bits per heavy atom. The molecule has 15 heavy (non-hydrogen) atoms. The van der Waals surface area contributed by atoms with Gasteiger partial charge in [-0.05, 0) is 31.8 Å². The molecule has 0 saturated carbocycles. The maximum absolute atomic E-state index is 11.4. The van der Waals surface area contributed by atoms with Crippen LogP contribution in [0, 0.1) is 11.8 Å². The molecular weight excluding hydrogens is 193 g/mol. The molecule has 5 heteroatoms. The maximum Gasteiger partial charge on any atom is 0.363 e. The van der Waals surface area contributed by atoms with Gasteiger partial charge in [-0.2, -0.15) is 0 Å². The molecule has 1 aliphatic rings. The Labute approximate surface area is 92.2 Å². The van der Waals surface area contributed by atoms with Crippen LogP contribution in [0.2, 0.25) is 0 Å². The van der Waals surface area contributed by atoms with Crippen molar-refractivity contribution in [3.63, 3.8) is 0 Å². The lowest BCUT2D eigenvalue weighted by Gasteiger charge is -2.33. The van der Waals surface area contributed by atoms with Crippen molar-refractivity contribution in [3.05, 3.63) is 0 Å². The lowest BCUT2D eigenvalue weighted by atomic mass is 9.84. The van der Waals surface area contributed by atoms with Crippen LogP contribution >= 0.6 is 0 Å². The van der Waals surface area contributed by atoms with Crippen molar-refractivity contribution in [2.45, 2.75) is 19.8 Å². The van der Waals surface area contributed by atoms with Crippen molar-refractivity contribution in [2.75, 3.05) is 27.3 Å². The van der Waals surface area contributed by atoms with E-state index in [-0.39, 0.29) is 11.9 Å². The molecule has 86 valence electrons. The van der Waals surface area contributed by atoms with E-state index in [1.54, 1.807) is 7.11 Å². The number of esters is 1. The van der Waals surface area contributed by atoms with Gasteiger partial charge in [0.2, 0.25) is 0 Å². The fourth-order valence-electron chi connectivity index (χ4n) is 2.14. The van der Waals surface area contributed by atoms with Crippen LogP contribution in [0.15, 0.2) is 0 Å². The summed E-state index contributed by atoms with van der Waals surface area (Å²) in [6.07, 6.45) is 2.11. The predicted octanol–water partition coefficient (Wildman–Crippen LogP) is 0.420. The first-order chi connectivity index (χ1) is 7.19. The van der Waals surface area contributed by atoms with E-state index in [4.69, 9.17) is 9.39 Å². The number of hydrogen-bond acceptors (Lipinski definition) is 4. The van der Waals surface area contributed by atoms with Crippen LogP contribution in [0.1, 0.15) is 19.8 Å². The molecule has 4 nitrogen and oxygen atoms in total. The smallest absolute Gasteiger partial charge is 0.363 e. The van der Waals surface area contributed by atoms with Crippen LogP contribution in [0.5, 0.6) is 0 Å². The van der Waals surface area contributed by atoms with Crippen LogP contribution in [-0.4, -0.2) is 45.7 Å². The van der Waals surface area contributed by atoms with Gasteiger partial charge in [-0.3, -0.25) is 4.79 Å². The second-order valence-corrected chi connectivity index (χ2v) is 4.19. The zero-order valence-electron chi connectivity index (χ0n) is 9.86. The molecule has 0 N–H and O–H groups in total. The number of piperidine rings is 1. The zero-order chi connectivity index (χ0) is 11.3. The van der Waals surface area contributed by atoms with Gasteiger partial charge < -0.3 is 14.2 Å². The van der Waals surface area contributed by atoms with Crippen LogP contribution in [-0.2, 0) is 14.2 Å². The molecule has 1 atom stereocenters. The van der Waals surface area contributed by atoms with Gasteiger partial charge in [0.1, 0.15) is 0 Å². The average molecular weight is 213 g/mol. The molecule has 1 heterocycles. The van der Waals surface area contributed by atoms with Gasteiger partial charge in [0.25, 0.3) is 0 Å². The van der Waals surface area contributed by atoms with E-state index in [0.717, 1.165) is 25.9 Å². The van der Waals surface area contributed by atoms with E-state index in [1.807, 2.05) is 6.92 Å². The van der Waals surface area contributed by atoms with Gasteiger partial charge >= 0.3 is 13.6 Å². The average Bonchev–Trinajstić information content (AvgIpc) is 2.28. The number of methoxy groups -OCH3 is 1. The number of nitrogens with zero attached hydrogens (tertiary/aromatic N) is 1. The van der Waals surface area contributed by atoms with Gasteiger partial charge in [-0.15, -0.1) is 0 Å². The molecule has 0 radical (unpaired) electrons. The summed E-state index contributed by atoms with van der Waals surface area (Å²) < 4.78 is 9.84. The molecule has 0 spiro atoms. The SMILES string of the molecule is COBN1CCC(C(C)C(=O)OC)CC1. The topological polar surface area (TPSA) is 38.8 Å². The lowest BCUT2D eigenvalue weighted by molar-refractivity contribution is -0.147. The Kier molecular flexibility index (Phi) is 5.12. The summed E-state index contributed by atoms with van der Waals surface area (Å²) in [6.45, 7) is 3.99. The molecule has 1 rings (SSSR count). The second kappa shape index (κ2) is 6.13. The summed E-state index contributed by atoms with van der Waals surface area (Å²) in [7, 11) is 3.86. The van der Waals surface area contributed by atoms with Crippen LogP contribution < -0.4 is 0 Å². The highest BCUT2D eigenvalue weighted by Crippen LogP contribution is 2.25. The van der Waals surface area contributed by atoms with Crippen molar-refractivity contribution in [2.24, 2.45) is 11.8 Å². The number of carbonyl (C=O) groups excluding carboxylic acids is 1. The minimum Gasteiger partial charge on any atom is -0.469 e. The van der Waals surface area contributed by atoms with Gasteiger partial charge in [-0.1, -0.05) is 6.92 Å². The van der Waals surface area contributed by atoms with E-state index in [9.17, 15) is 4.79 Å². The Balaban J connectivity index is 2.33. The number of ether oxygens (including phenoxy) is 1. The van der Waals surface area contributed by atoms with Gasteiger partial charge in [-0.25, -0.2) is 0 Å². The standard InChI is InChI=1S/C10H20BNO3/c1-8(10(13)14-2)9-4-6-12(7-5-9)11-15-3/h8-9,11H,4-7H2,1-3H3. The number of rotatable bonds is 4. The second-order valence-electron chi connectivity index (χ2n) is 4.19. The maximum atomic E-state index is 11.4. The summed E-state index contributed by atoms with van der Waals surface area (Å²) >= 11 is 0. The highest BCUT2D eigenvalue weighted by Gasteiger charge is 2.28. The Morgan fingerprint density at radius 2 is 2.00 bits per heavy atom. The summed E-state index contributed by atoms with van der Waals surface area (Å²) in [5.41, 5.74) is 0. The molecule has 0 aromatic rings. The Morgan fingerprint density at radius 1 is 1.40 bits per heavy atom. The third-order valence-electron chi connectivity index (χ3n) is 3.22. The van der Waals surface area contributed by atoms with Crippen LogP contribution in [0.3, 0.4) is 0 Å². The fourth-order valence-corrected chi connectivity index (χ4v) is 2.14. The molecule has 1 unspecified atom stereocenters. The molecule has 1 aliphatic heterocycles. The van der Waals surface area contributed by atoms with Gasteiger partial charge in [0.15, 0.2) is 0 Å². The van der Waals surface area contributed by atoms with Crippen LogP contribution in [0.4, 0.5) is 0 Å². The minimum absolute atomic E-state index is 0.0275. The van der Waals surface area contributed by atoms with Crippen molar-refractivity contribution < 1.29 is 14.2 Å². The van der Waals surface area contributed by atoms with E-state index >= 15 is 0 Å². The van der Waals surface area contributed by atoms with E-state index in [0.29, 0.717) is 13.5 Å². The van der Waals surface area contributed by atoms with E-state index < -0.39 is 0 Å². The molecule has 1 fully saturated rings. The molecule has 0 aromatic heterocycles. The molecule has 0 amide bonds. The molecule has 0 bridgehead atoms. The predicted molar refractivity (Wildman–Crippen MR) is 59.6 cm³/mol. The summed E-state index contributed by atoms with van der Waals surface area (Å²) in [4.78, 5) is 13.6. The van der Waals surface area contributed by atoms with Crippen molar-refractivity contribution in [1.82, 2.24) is 4.81 Å². The Hall–Kier alpha value is -0.545. The highest BCUT2D eigenvalue weighted by molar-refractivity contribution is 6.23. The first-order valence-corrected chi connectivity index (χ1v) is 5.48. The van der Waals surface area contributed by atoms with Crippen molar-refractivity contribution >= 4 is 13.6 Å².